The van der Waals surface area contributed by atoms with E-state index in [2.05, 4.69) is 39.1 Å². The first-order valence-corrected chi connectivity index (χ1v) is 7.23. The summed E-state index contributed by atoms with van der Waals surface area (Å²) < 4.78 is 2.29. The Morgan fingerprint density at radius 2 is 2.17 bits per heavy atom. The Bertz CT molecular complexity index is 695. The second kappa shape index (κ2) is 4.71. The van der Waals surface area contributed by atoms with Gasteiger partial charge in [-0.15, -0.1) is 11.3 Å². The highest BCUT2D eigenvalue weighted by Crippen LogP contribution is 2.31. The molecule has 1 heterocycles. The highest BCUT2D eigenvalue weighted by atomic mass is 79.9. The Labute approximate surface area is 118 Å². The van der Waals surface area contributed by atoms with Gasteiger partial charge in [-0.1, -0.05) is 28.1 Å². The normalized spacial score (nSPS) is 15.4. The lowest BCUT2D eigenvalue weighted by molar-refractivity contribution is 1.34. The van der Waals surface area contributed by atoms with Gasteiger partial charge in [-0.05, 0) is 42.3 Å². The van der Waals surface area contributed by atoms with E-state index in [-0.39, 0.29) is 0 Å². The van der Waals surface area contributed by atoms with Crippen LogP contribution in [-0.2, 0) is 0 Å². The number of allylic oxidation sites excluding steroid dienone is 5. The number of fused-ring (bicyclic) bond motifs is 1. The van der Waals surface area contributed by atoms with Crippen molar-refractivity contribution in [3.63, 3.8) is 0 Å². The topological polar surface area (TPSA) is 38.9 Å². The maximum Gasteiger partial charge on any atom is 0.120 e. The minimum absolute atomic E-state index is 0.786. The minimum Gasteiger partial charge on any atom is -0.399 e. The van der Waals surface area contributed by atoms with Crippen LogP contribution in [0.2, 0.25) is 0 Å². The second-order valence-electron chi connectivity index (χ2n) is 4.10. The number of hydrogen-bond acceptors (Lipinski definition) is 3. The standard InChI is InChI=1S/C14H11BrN2S/c15-10-5-7-12-13(8-10)18-14(17-12)9-2-1-3-11(16)6-4-9/h1,3-8H,2,16H2. The van der Waals surface area contributed by atoms with Gasteiger partial charge in [-0.3, -0.25) is 0 Å². The lowest BCUT2D eigenvalue weighted by atomic mass is 10.2. The van der Waals surface area contributed by atoms with Crippen molar-refractivity contribution in [1.29, 1.82) is 0 Å². The molecule has 0 spiro atoms. The van der Waals surface area contributed by atoms with Crippen molar-refractivity contribution in [3.05, 3.63) is 57.7 Å². The van der Waals surface area contributed by atoms with Gasteiger partial charge in [-0.25, -0.2) is 4.98 Å². The van der Waals surface area contributed by atoms with Crippen LogP contribution in [0.5, 0.6) is 0 Å². The number of halogens is 1. The Hall–Kier alpha value is -1.39. The first-order valence-electron chi connectivity index (χ1n) is 5.62. The van der Waals surface area contributed by atoms with Gasteiger partial charge in [0.1, 0.15) is 5.01 Å². The molecule has 90 valence electrons. The van der Waals surface area contributed by atoms with Crippen LogP contribution in [0.25, 0.3) is 15.8 Å². The van der Waals surface area contributed by atoms with Gasteiger partial charge in [-0.2, -0.15) is 0 Å². The van der Waals surface area contributed by atoms with E-state index in [1.54, 1.807) is 11.3 Å². The molecule has 1 aliphatic carbocycles. The molecule has 2 nitrogen and oxygen atoms in total. The first-order chi connectivity index (χ1) is 8.72. The molecule has 1 aromatic carbocycles. The first kappa shape index (κ1) is 11.7. The van der Waals surface area contributed by atoms with Crippen LogP contribution in [0, 0.1) is 0 Å². The van der Waals surface area contributed by atoms with E-state index in [9.17, 15) is 0 Å². The third-order valence-electron chi connectivity index (χ3n) is 2.75. The number of nitrogens with two attached hydrogens (primary N) is 1. The molecule has 2 N–H and O–H groups in total. The van der Waals surface area contributed by atoms with Crippen LogP contribution >= 0.6 is 27.3 Å². The summed E-state index contributed by atoms with van der Waals surface area (Å²) in [6, 6.07) is 6.16. The maximum atomic E-state index is 5.78. The van der Waals surface area contributed by atoms with Crippen molar-refractivity contribution in [1.82, 2.24) is 4.98 Å². The lowest BCUT2D eigenvalue weighted by Gasteiger charge is -1.96. The molecule has 0 saturated heterocycles. The Kier molecular flexibility index (Phi) is 3.06. The van der Waals surface area contributed by atoms with Crippen LogP contribution in [0.3, 0.4) is 0 Å². The zero-order chi connectivity index (χ0) is 12.5. The molecule has 2 aromatic rings. The van der Waals surface area contributed by atoms with E-state index in [0.29, 0.717) is 0 Å². The summed E-state index contributed by atoms with van der Waals surface area (Å²) in [6.07, 6.45) is 8.88. The van der Waals surface area contributed by atoms with E-state index >= 15 is 0 Å². The van der Waals surface area contributed by atoms with Crippen molar-refractivity contribution in [2.45, 2.75) is 6.42 Å². The van der Waals surface area contributed by atoms with Crippen molar-refractivity contribution >= 4 is 43.1 Å². The fraction of sp³-hybridized carbons (Fsp3) is 0.0714. The number of rotatable bonds is 1. The average Bonchev–Trinajstić information content (AvgIpc) is 2.63. The highest BCUT2D eigenvalue weighted by molar-refractivity contribution is 9.10. The molecule has 0 bridgehead atoms. The van der Waals surface area contributed by atoms with Gasteiger partial charge in [0.05, 0.1) is 10.2 Å². The number of thiazole rings is 1. The predicted octanol–water partition coefficient (Wildman–Crippen LogP) is 4.24. The van der Waals surface area contributed by atoms with Gasteiger partial charge in [0.15, 0.2) is 0 Å². The summed E-state index contributed by atoms with van der Waals surface area (Å²) in [5.74, 6) is 0. The van der Waals surface area contributed by atoms with Crippen LogP contribution in [0.4, 0.5) is 0 Å². The molecule has 0 atom stereocenters. The van der Waals surface area contributed by atoms with E-state index in [1.807, 2.05) is 24.3 Å². The quantitative estimate of drug-likeness (QED) is 0.853. The molecule has 0 saturated carbocycles. The summed E-state index contributed by atoms with van der Waals surface area (Å²) >= 11 is 5.20. The smallest absolute Gasteiger partial charge is 0.120 e. The molecule has 18 heavy (non-hydrogen) atoms. The molecule has 0 amide bonds. The van der Waals surface area contributed by atoms with Crippen molar-refractivity contribution in [2.24, 2.45) is 5.73 Å². The van der Waals surface area contributed by atoms with Crippen molar-refractivity contribution in [2.75, 3.05) is 0 Å². The van der Waals surface area contributed by atoms with Gasteiger partial charge in [0, 0.05) is 10.2 Å². The number of hydrogen-bond donors (Lipinski definition) is 1. The van der Waals surface area contributed by atoms with Gasteiger partial charge >= 0.3 is 0 Å². The molecular formula is C14H11BrN2S. The van der Waals surface area contributed by atoms with Crippen LogP contribution in [-0.4, -0.2) is 4.98 Å². The summed E-state index contributed by atoms with van der Waals surface area (Å²) in [7, 11) is 0. The molecule has 0 radical (unpaired) electrons. The van der Waals surface area contributed by atoms with E-state index in [0.717, 1.165) is 27.1 Å². The van der Waals surface area contributed by atoms with E-state index in [4.69, 9.17) is 5.73 Å². The predicted molar refractivity (Wildman–Crippen MR) is 81.3 cm³/mol. The van der Waals surface area contributed by atoms with Crippen molar-refractivity contribution < 1.29 is 0 Å². The van der Waals surface area contributed by atoms with Crippen LogP contribution in [0.1, 0.15) is 11.4 Å². The third-order valence-corrected chi connectivity index (χ3v) is 4.34. The molecule has 0 unspecified atom stereocenters. The summed E-state index contributed by atoms with van der Waals surface area (Å²) in [4.78, 5) is 4.67. The molecule has 4 heteroatoms. The fourth-order valence-electron chi connectivity index (χ4n) is 1.84. The summed E-state index contributed by atoms with van der Waals surface area (Å²) in [6.45, 7) is 0. The molecule has 0 fully saturated rings. The zero-order valence-electron chi connectivity index (χ0n) is 9.56. The second-order valence-corrected chi connectivity index (χ2v) is 6.04. The molecule has 0 aliphatic heterocycles. The number of benzene rings is 1. The van der Waals surface area contributed by atoms with Gasteiger partial charge in [0.2, 0.25) is 0 Å². The Balaban J connectivity index is 2.07. The number of nitrogens with zero attached hydrogens (tertiary/aromatic N) is 1. The molecule has 3 rings (SSSR count). The minimum atomic E-state index is 0.786. The van der Waals surface area contributed by atoms with Gasteiger partial charge < -0.3 is 5.73 Å². The third kappa shape index (κ3) is 2.26. The van der Waals surface area contributed by atoms with Crippen LogP contribution in [0.15, 0.2) is 52.7 Å². The molecule has 1 aromatic heterocycles. The zero-order valence-corrected chi connectivity index (χ0v) is 12.0. The monoisotopic (exact) mass is 318 g/mol. The average molecular weight is 319 g/mol. The largest absolute Gasteiger partial charge is 0.399 e. The SMILES string of the molecule is NC1=CC=C(c2nc3ccc(Br)cc3s2)CC=C1. The molecular weight excluding hydrogens is 308 g/mol. The van der Waals surface area contributed by atoms with E-state index in [1.165, 1.54) is 10.3 Å². The summed E-state index contributed by atoms with van der Waals surface area (Å²) in [5, 5.41) is 1.07. The van der Waals surface area contributed by atoms with Gasteiger partial charge in [0.25, 0.3) is 0 Å². The summed E-state index contributed by atoms with van der Waals surface area (Å²) in [5.41, 5.74) is 8.82. The molecule has 1 aliphatic rings. The maximum absolute atomic E-state index is 5.78. The Morgan fingerprint density at radius 1 is 1.28 bits per heavy atom. The van der Waals surface area contributed by atoms with Crippen molar-refractivity contribution in [3.8, 4) is 0 Å². The lowest BCUT2D eigenvalue weighted by Crippen LogP contribution is -1.89. The fourth-order valence-corrected chi connectivity index (χ4v) is 3.39. The number of aromatic nitrogens is 1. The Morgan fingerprint density at radius 3 is 3.06 bits per heavy atom. The van der Waals surface area contributed by atoms with Crippen LogP contribution < -0.4 is 5.73 Å². The van der Waals surface area contributed by atoms with E-state index < -0.39 is 0 Å². The highest BCUT2D eigenvalue weighted by Gasteiger charge is 2.08.